The van der Waals surface area contributed by atoms with Crippen molar-refractivity contribution >= 4 is 35.6 Å². The summed E-state index contributed by atoms with van der Waals surface area (Å²) in [6.07, 6.45) is 0.474. The Labute approximate surface area is 215 Å². The van der Waals surface area contributed by atoms with Crippen molar-refractivity contribution < 1.29 is 29.4 Å². The smallest absolute Gasteiger partial charge is 0.326 e. The molecule has 14 N–H and O–H groups in total. The molecule has 0 aromatic rings. The molecule has 0 aliphatic carbocycles. The van der Waals surface area contributed by atoms with Crippen LogP contribution in [0.25, 0.3) is 0 Å². The first-order chi connectivity index (χ1) is 17.3. The summed E-state index contributed by atoms with van der Waals surface area (Å²) in [7, 11) is 0. The molecule has 0 aromatic carbocycles. The average Bonchev–Trinajstić information content (AvgIpc) is 3.31. The van der Waals surface area contributed by atoms with E-state index in [0.29, 0.717) is 25.7 Å². The molecule has 0 aromatic heterocycles. The number of carboxylic acids is 1. The van der Waals surface area contributed by atoms with Gasteiger partial charge in [0.25, 0.3) is 0 Å². The van der Waals surface area contributed by atoms with E-state index in [1.54, 1.807) is 0 Å². The number of rotatable bonds is 15. The first kappa shape index (κ1) is 31.4. The molecular formula is C21H40N10O6. The highest BCUT2D eigenvalue weighted by atomic mass is 16.4. The summed E-state index contributed by atoms with van der Waals surface area (Å²) in [5, 5.41) is 24.2. The SMILES string of the molecule is CC(O)C(N)C(=O)NC(CCCN=C(N)N)C(=O)NC(CCCN=C(N)N)C(=O)N1CCCC1C(=O)O. The zero-order chi connectivity index (χ0) is 28.1. The molecule has 1 aliphatic rings. The van der Waals surface area contributed by atoms with Gasteiger partial charge in [-0.25, -0.2) is 4.79 Å². The lowest BCUT2D eigenvalue weighted by molar-refractivity contribution is -0.149. The minimum atomic E-state index is -1.29. The molecule has 16 heteroatoms. The van der Waals surface area contributed by atoms with E-state index >= 15 is 0 Å². The number of amides is 3. The lowest BCUT2D eigenvalue weighted by Crippen LogP contribution is -2.58. The van der Waals surface area contributed by atoms with E-state index in [-0.39, 0.29) is 44.4 Å². The monoisotopic (exact) mass is 528 g/mol. The number of likely N-dealkylation sites (tertiary alicyclic amines) is 1. The largest absolute Gasteiger partial charge is 0.480 e. The van der Waals surface area contributed by atoms with Crippen LogP contribution in [0.2, 0.25) is 0 Å². The second-order valence-electron chi connectivity index (χ2n) is 8.81. The molecule has 1 aliphatic heterocycles. The Morgan fingerprint density at radius 2 is 1.46 bits per heavy atom. The van der Waals surface area contributed by atoms with E-state index in [9.17, 15) is 29.4 Å². The molecule has 0 radical (unpaired) electrons. The van der Waals surface area contributed by atoms with E-state index in [4.69, 9.17) is 28.7 Å². The van der Waals surface area contributed by atoms with Crippen molar-refractivity contribution in [3.63, 3.8) is 0 Å². The van der Waals surface area contributed by atoms with Crippen molar-refractivity contribution in [3.8, 4) is 0 Å². The maximum atomic E-state index is 13.3. The van der Waals surface area contributed by atoms with Crippen LogP contribution in [-0.2, 0) is 19.2 Å². The Bertz CT molecular complexity index is 857. The highest BCUT2D eigenvalue weighted by molar-refractivity contribution is 5.94. The Hall–Kier alpha value is -3.66. The summed E-state index contributed by atoms with van der Waals surface area (Å²) in [6, 6.07) is -4.51. The zero-order valence-electron chi connectivity index (χ0n) is 21.0. The van der Waals surface area contributed by atoms with Gasteiger partial charge in [-0.3, -0.25) is 24.4 Å². The van der Waals surface area contributed by atoms with Gasteiger partial charge in [0.05, 0.1) is 6.10 Å². The van der Waals surface area contributed by atoms with Crippen molar-refractivity contribution in [2.45, 2.75) is 75.7 Å². The van der Waals surface area contributed by atoms with Crippen molar-refractivity contribution in [2.24, 2.45) is 38.7 Å². The Kier molecular flexibility index (Phi) is 13.1. The predicted octanol–water partition coefficient (Wildman–Crippen LogP) is -4.15. The van der Waals surface area contributed by atoms with Crippen LogP contribution in [-0.4, -0.2) is 101 Å². The van der Waals surface area contributed by atoms with Crippen molar-refractivity contribution in [2.75, 3.05) is 19.6 Å². The Balaban J connectivity index is 3.08. The van der Waals surface area contributed by atoms with E-state index < -0.39 is 54.0 Å². The molecule has 1 heterocycles. The lowest BCUT2D eigenvalue weighted by atomic mass is 10.1. The molecule has 210 valence electrons. The normalized spacial score (nSPS) is 18.1. The van der Waals surface area contributed by atoms with Crippen LogP contribution in [0.3, 0.4) is 0 Å². The number of nitrogens with one attached hydrogen (secondary N) is 2. The van der Waals surface area contributed by atoms with E-state index in [1.807, 2.05) is 0 Å². The third-order valence-corrected chi connectivity index (χ3v) is 5.78. The second kappa shape index (κ2) is 15.5. The lowest BCUT2D eigenvalue weighted by Gasteiger charge is -2.29. The molecule has 1 saturated heterocycles. The summed E-state index contributed by atoms with van der Waals surface area (Å²) in [5.41, 5.74) is 27.0. The number of hydrogen-bond donors (Lipinski definition) is 9. The van der Waals surface area contributed by atoms with Crippen LogP contribution < -0.4 is 39.3 Å². The van der Waals surface area contributed by atoms with Gasteiger partial charge in [0, 0.05) is 19.6 Å². The van der Waals surface area contributed by atoms with Gasteiger partial charge in [-0.05, 0) is 45.4 Å². The minimum absolute atomic E-state index is 0.0945. The molecule has 0 saturated carbocycles. The van der Waals surface area contributed by atoms with Crippen LogP contribution in [0.4, 0.5) is 0 Å². The predicted molar refractivity (Wildman–Crippen MR) is 136 cm³/mol. The summed E-state index contributed by atoms with van der Waals surface area (Å²) < 4.78 is 0. The number of hydrogen-bond acceptors (Lipinski definition) is 8. The fourth-order valence-corrected chi connectivity index (χ4v) is 3.78. The highest BCUT2D eigenvalue weighted by Crippen LogP contribution is 2.20. The molecular weight excluding hydrogens is 488 g/mol. The maximum Gasteiger partial charge on any atom is 0.326 e. The van der Waals surface area contributed by atoms with Gasteiger partial charge in [-0.15, -0.1) is 0 Å². The Morgan fingerprint density at radius 3 is 1.95 bits per heavy atom. The van der Waals surface area contributed by atoms with Gasteiger partial charge in [0.2, 0.25) is 17.7 Å². The molecule has 37 heavy (non-hydrogen) atoms. The number of aliphatic imine (C=N–C) groups is 2. The molecule has 3 amide bonds. The average molecular weight is 529 g/mol. The van der Waals surface area contributed by atoms with Crippen molar-refractivity contribution in [1.82, 2.24) is 15.5 Å². The van der Waals surface area contributed by atoms with Gasteiger partial charge < -0.3 is 54.4 Å². The topological polar surface area (TPSA) is 291 Å². The fraction of sp³-hybridized carbons (Fsp3) is 0.714. The molecule has 1 rings (SSSR count). The second-order valence-corrected chi connectivity index (χ2v) is 8.81. The minimum Gasteiger partial charge on any atom is -0.480 e. The van der Waals surface area contributed by atoms with Gasteiger partial charge in [0.15, 0.2) is 11.9 Å². The number of carbonyl (C=O) groups excluding carboxylic acids is 3. The number of aliphatic hydroxyl groups is 1. The number of carbonyl (C=O) groups is 4. The third kappa shape index (κ3) is 10.9. The van der Waals surface area contributed by atoms with Crippen LogP contribution in [0, 0.1) is 0 Å². The molecule has 5 unspecified atom stereocenters. The number of aliphatic hydroxyl groups excluding tert-OH is 1. The number of guanidine groups is 2. The van der Waals surface area contributed by atoms with Gasteiger partial charge in [-0.2, -0.15) is 0 Å². The summed E-state index contributed by atoms with van der Waals surface area (Å²) in [5.74, 6) is -3.41. The van der Waals surface area contributed by atoms with Gasteiger partial charge in [0.1, 0.15) is 24.2 Å². The Morgan fingerprint density at radius 1 is 0.946 bits per heavy atom. The van der Waals surface area contributed by atoms with E-state index in [2.05, 4.69) is 20.6 Å². The molecule has 1 fully saturated rings. The quantitative estimate of drug-likeness (QED) is 0.0558. The number of nitrogens with two attached hydrogens (primary N) is 5. The van der Waals surface area contributed by atoms with Crippen LogP contribution >= 0.6 is 0 Å². The summed E-state index contributed by atoms with van der Waals surface area (Å²) in [6.45, 7) is 1.93. The summed E-state index contributed by atoms with van der Waals surface area (Å²) in [4.78, 5) is 59.5. The van der Waals surface area contributed by atoms with E-state index in [1.165, 1.54) is 11.8 Å². The van der Waals surface area contributed by atoms with Crippen LogP contribution in [0.5, 0.6) is 0 Å². The number of carboxylic acid groups (broad SMARTS) is 1. The number of nitrogens with zero attached hydrogens (tertiary/aromatic N) is 3. The molecule has 16 nitrogen and oxygen atoms in total. The molecule has 0 bridgehead atoms. The summed E-state index contributed by atoms with van der Waals surface area (Å²) >= 11 is 0. The van der Waals surface area contributed by atoms with Gasteiger partial charge in [-0.1, -0.05) is 0 Å². The van der Waals surface area contributed by atoms with Crippen LogP contribution in [0.15, 0.2) is 9.98 Å². The van der Waals surface area contributed by atoms with Crippen LogP contribution in [0.1, 0.15) is 45.4 Å². The van der Waals surface area contributed by atoms with E-state index in [0.717, 1.165) is 0 Å². The third-order valence-electron chi connectivity index (χ3n) is 5.78. The zero-order valence-corrected chi connectivity index (χ0v) is 21.0. The standard InChI is InChI=1S/C21H40N10O6/c1-11(32)15(22)17(34)29-12(5-2-8-27-20(23)24)16(33)30-13(6-3-9-28-21(25)26)18(35)31-10-4-7-14(31)19(36)37/h11-15,32H,2-10,22H2,1H3,(H,29,34)(H,30,33)(H,36,37)(H4,23,24,27)(H4,25,26,28). The molecule has 5 atom stereocenters. The first-order valence-corrected chi connectivity index (χ1v) is 12.0. The molecule has 0 spiro atoms. The fourth-order valence-electron chi connectivity index (χ4n) is 3.78. The maximum absolute atomic E-state index is 13.3. The van der Waals surface area contributed by atoms with Crippen molar-refractivity contribution in [3.05, 3.63) is 0 Å². The van der Waals surface area contributed by atoms with Crippen molar-refractivity contribution in [1.29, 1.82) is 0 Å². The van der Waals surface area contributed by atoms with Gasteiger partial charge >= 0.3 is 5.97 Å². The highest BCUT2D eigenvalue weighted by Gasteiger charge is 2.38. The number of aliphatic carboxylic acids is 1. The first-order valence-electron chi connectivity index (χ1n) is 12.0.